The molecule has 3 aromatic carbocycles. The van der Waals surface area contributed by atoms with Crippen molar-refractivity contribution in [2.24, 2.45) is 0 Å². The van der Waals surface area contributed by atoms with E-state index in [1.807, 2.05) is 0 Å². The highest BCUT2D eigenvalue weighted by Gasteiger charge is 2.29. The quantitative estimate of drug-likeness (QED) is 0.582. The first-order valence-corrected chi connectivity index (χ1v) is 8.22. The predicted octanol–water partition coefficient (Wildman–Crippen LogP) is 5.77. The molecule has 0 aliphatic heterocycles. The molecule has 0 aromatic heterocycles. The van der Waals surface area contributed by atoms with Crippen LogP contribution < -0.4 is 9.47 Å². The number of rotatable bonds is 6. The first-order chi connectivity index (χ1) is 13.3. The van der Waals surface area contributed by atoms with Crippen molar-refractivity contribution in [3.05, 3.63) is 89.5 Å². The highest BCUT2D eigenvalue weighted by atomic mass is 19.4. The van der Waals surface area contributed by atoms with Crippen LogP contribution in [0.5, 0.6) is 17.2 Å². The Hall–Kier alpha value is -3.48. The lowest BCUT2D eigenvalue weighted by molar-refractivity contribution is -0.137. The van der Waals surface area contributed by atoms with E-state index in [4.69, 9.17) is 9.47 Å². The number of halogens is 3. The summed E-state index contributed by atoms with van der Waals surface area (Å²) in [7, 11) is 0. The molecule has 0 saturated heterocycles. The van der Waals surface area contributed by atoms with Gasteiger partial charge < -0.3 is 14.6 Å². The van der Waals surface area contributed by atoms with Crippen LogP contribution in [0, 0.1) is 0 Å². The number of carboxylic acid groups (broad SMARTS) is 1. The molecule has 0 amide bonds. The smallest absolute Gasteiger partial charge is 0.416 e. The minimum atomic E-state index is -4.38. The Balaban J connectivity index is 1.68. The molecule has 0 fully saturated rings. The molecule has 0 bridgehead atoms. The first kappa shape index (κ1) is 19.3. The molecule has 0 heterocycles. The van der Waals surface area contributed by atoms with Gasteiger partial charge in [-0.2, -0.15) is 13.2 Å². The zero-order valence-electron chi connectivity index (χ0n) is 14.4. The summed E-state index contributed by atoms with van der Waals surface area (Å²) in [5.74, 6) is -0.107. The molecule has 0 spiro atoms. The number of hydrogen-bond acceptors (Lipinski definition) is 3. The van der Waals surface area contributed by atoms with Gasteiger partial charge in [-0.05, 0) is 42.0 Å². The van der Waals surface area contributed by atoms with Gasteiger partial charge in [-0.25, -0.2) is 4.79 Å². The van der Waals surface area contributed by atoms with Crippen LogP contribution in [-0.4, -0.2) is 11.1 Å². The fourth-order valence-electron chi connectivity index (χ4n) is 2.44. The average Bonchev–Trinajstić information content (AvgIpc) is 2.66. The Labute approximate surface area is 158 Å². The van der Waals surface area contributed by atoms with Crippen molar-refractivity contribution in [1.29, 1.82) is 0 Å². The van der Waals surface area contributed by atoms with Crippen molar-refractivity contribution >= 4 is 5.97 Å². The van der Waals surface area contributed by atoms with E-state index in [1.165, 1.54) is 18.2 Å². The summed E-state index contributed by atoms with van der Waals surface area (Å²) < 4.78 is 49.0. The molecule has 3 aromatic rings. The monoisotopic (exact) mass is 388 g/mol. The Kier molecular flexibility index (Phi) is 5.54. The lowest BCUT2D eigenvalue weighted by Gasteiger charge is -2.11. The van der Waals surface area contributed by atoms with Crippen molar-refractivity contribution in [2.45, 2.75) is 12.8 Å². The van der Waals surface area contributed by atoms with Crippen LogP contribution >= 0.6 is 0 Å². The van der Waals surface area contributed by atoms with E-state index in [1.54, 1.807) is 42.5 Å². The fourth-order valence-corrected chi connectivity index (χ4v) is 2.44. The third-order valence-corrected chi connectivity index (χ3v) is 3.84. The summed E-state index contributed by atoms with van der Waals surface area (Å²) in [5.41, 5.74) is -0.113. The van der Waals surface area contributed by atoms with Crippen molar-refractivity contribution < 1.29 is 32.5 Å². The van der Waals surface area contributed by atoms with Crippen molar-refractivity contribution in [3.63, 3.8) is 0 Å². The van der Waals surface area contributed by atoms with Crippen molar-refractivity contribution in [2.75, 3.05) is 0 Å². The standard InChI is InChI=1S/C21H15F3O4/c22-21(23,24)15-10-8-14(9-11-15)13-27-16-4-3-5-17(12-16)28-19-7-2-1-6-18(19)20(25)26/h1-12H,13H2,(H,25,26). The van der Waals surface area contributed by atoms with Crippen LogP contribution in [0.4, 0.5) is 13.2 Å². The van der Waals surface area contributed by atoms with Crippen LogP contribution in [0.15, 0.2) is 72.8 Å². The van der Waals surface area contributed by atoms with Crippen LogP contribution in [0.25, 0.3) is 0 Å². The minimum absolute atomic E-state index is 0.0265. The molecular formula is C21H15F3O4. The molecule has 0 aliphatic carbocycles. The number of ether oxygens (including phenoxy) is 2. The number of hydrogen-bond donors (Lipinski definition) is 1. The molecule has 0 atom stereocenters. The van der Waals surface area contributed by atoms with Crippen LogP contribution in [0.3, 0.4) is 0 Å². The fraction of sp³-hybridized carbons (Fsp3) is 0.0952. The van der Waals surface area contributed by atoms with Crippen molar-refractivity contribution in [3.8, 4) is 17.2 Å². The van der Waals surface area contributed by atoms with E-state index < -0.39 is 17.7 Å². The van der Waals surface area contributed by atoms with E-state index >= 15 is 0 Å². The number of para-hydroxylation sites is 1. The molecule has 0 saturated carbocycles. The number of alkyl halides is 3. The molecule has 0 radical (unpaired) electrons. The molecule has 144 valence electrons. The third-order valence-electron chi connectivity index (χ3n) is 3.84. The van der Waals surface area contributed by atoms with Crippen LogP contribution in [0.2, 0.25) is 0 Å². The lowest BCUT2D eigenvalue weighted by atomic mass is 10.1. The summed E-state index contributed by atoms with van der Waals surface area (Å²) in [4.78, 5) is 11.2. The lowest BCUT2D eigenvalue weighted by Crippen LogP contribution is -2.05. The third kappa shape index (κ3) is 4.82. The molecule has 0 aliphatic rings. The van der Waals surface area contributed by atoms with Gasteiger partial charge in [0.2, 0.25) is 0 Å². The number of benzene rings is 3. The maximum absolute atomic E-state index is 12.6. The zero-order valence-corrected chi connectivity index (χ0v) is 14.4. The van der Waals surface area contributed by atoms with E-state index in [0.29, 0.717) is 17.1 Å². The second-order valence-corrected chi connectivity index (χ2v) is 5.86. The number of carboxylic acids is 1. The zero-order chi connectivity index (χ0) is 20.1. The molecule has 4 nitrogen and oxygen atoms in total. The Morgan fingerprint density at radius 1 is 0.893 bits per heavy atom. The SMILES string of the molecule is O=C(O)c1ccccc1Oc1cccc(OCc2ccc(C(F)(F)F)cc2)c1. The summed E-state index contributed by atoms with van der Waals surface area (Å²) in [6.45, 7) is 0.0767. The van der Waals surface area contributed by atoms with Gasteiger partial charge in [0.25, 0.3) is 0 Å². The molecule has 28 heavy (non-hydrogen) atoms. The van der Waals surface area contributed by atoms with Gasteiger partial charge in [-0.3, -0.25) is 0 Å². The Morgan fingerprint density at radius 3 is 2.25 bits per heavy atom. The number of aromatic carboxylic acids is 1. The minimum Gasteiger partial charge on any atom is -0.489 e. The maximum Gasteiger partial charge on any atom is 0.416 e. The van der Waals surface area contributed by atoms with Gasteiger partial charge in [0, 0.05) is 6.07 Å². The van der Waals surface area contributed by atoms with Crippen molar-refractivity contribution in [1.82, 2.24) is 0 Å². The van der Waals surface area contributed by atoms with Gasteiger partial charge in [-0.15, -0.1) is 0 Å². The molecule has 0 unspecified atom stereocenters. The van der Waals surface area contributed by atoms with E-state index in [0.717, 1.165) is 12.1 Å². The Bertz CT molecular complexity index is 966. The van der Waals surface area contributed by atoms with E-state index in [2.05, 4.69) is 0 Å². The van der Waals surface area contributed by atoms with E-state index in [9.17, 15) is 23.1 Å². The highest BCUT2D eigenvalue weighted by Crippen LogP contribution is 2.30. The predicted molar refractivity (Wildman–Crippen MR) is 95.7 cm³/mol. The molecule has 7 heteroatoms. The summed E-state index contributed by atoms with van der Waals surface area (Å²) in [6, 6.07) is 17.5. The van der Waals surface area contributed by atoms with Gasteiger partial charge in [0.15, 0.2) is 0 Å². The van der Waals surface area contributed by atoms with Crippen LogP contribution in [-0.2, 0) is 12.8 Å². The summed E-state index contributed by atoms with van der Waals surface area (Å²) in [6.07, 6.45) is -4.38. The summed E-state index contributed by atoms with van der Waals surface area (Å²) in [5, 5.41) is 9.20. The average molecular weight is 388 g/mol. The maximum atomic E-state index is 12.6. The second kappa shape index (κ2) is 8.04. The van der Waals surface area contributed by atoms with Gasteiger partial charge >= 0.3 is 12.1 Å². The summed E-state index contributed by atoms with van der Waals surface area (Å²) >= 11 is 0. The molecule has 1 N–H and O–H groups in total. The number of carbonyl (C=O) groups is 1. The Morgan fingerprint density at radius 2 is 1.57 bits per heavy atom. The largest absolute Gasteiger partial charge is 0.489 e. The van der Waals surface area contributed by atoms with Gasteiger partial charge in [0.1, 0.15) is 29.4 Å². The molecule has 3 rings (SSSR count). The van der Waals surface area contributed by atoms with E-state index in [-0.39, 0.29) is 17.9 Å². The van der Waals surface area contributed by atoms with Gasteiger partial charge in [0.05, 0.1) is 5.56 Å². The first-order valence-electron chi connectivity index (χ1n) is 8.22. The van der Waals surface area contributed by atoms with Gasteiger partial charge in [-0.1, -0.05) is 30.3 Å². The highest BCUT2D eigenvalue weighted by molar-refractivity contribution is 5.90. The topological polar surface area (TPSA) is 55.8 Å². The normalized spacial score (nSPS) is 11.1. The molecular weight excluding hydrogens is 373 g/mol. The second-order valence-electron chi connectivity index (χ2n) is 5.86. The van der Waals surface area contributed by atoms with Crippen LogP contribution in [0.1, 0.15) is 21.5 Å².